The molecule has 4 heteroatoms. The van der Waals surface area contributed by atoms with Crippen molar-refractivity contribution < 1.29 is 13.0 Å². The third-order valence-corrected chi connectivity index (χ3v) is 5.15. The number of benzene rings is 4. The Morgan fingerprint density at radius 2 is 1.12 bits per heavy atom. The number of hydrogen-bond acceptors (Lipinski definition) is 2. The van der Waals surface area contributed by atoms with E-state index in [0.717, 1.165) is 27.3 Å². The third kappa shape index (κ3) is 2.37. The lowest BCUT2D eigenvalue weighted by molar-refractivity contribution is 0.484. The number of rotatable bonds is 2. The van der Waals surface area contributed by atoms with Crippen LogP contribution in [0.15, 0.2) is 83.8 Å². The van der Waals surface area contributed by atoms with Crippen LogP contribution < -0.4 is 0 Å². The van der Waals surface area contributed by atoms with Gasteiger partial charge in [-0.3, -0.25) is 4.55 Å². The van der Waals surface area contributed by atoms with Crippen LogP contribution in [0.4, 0.5) is 0 Å². The Labute approximate surface area is 139 Å². The van der Waals surface area contributed by atoms with E-state index in [0.29, 0.717) is 5.39 Å². The highest BCUT2D eigenvalue weighted by Gasteiger charge is 2.15. The molecule has 0 aromatic heterocycles. The van der Waals surface area contributed by atoms with Crippen LogP contribution in [0, 0.1) is 0 Å². The second-order valence-corrected chi connectivity index (χ2v) is 7.05. The van der Waals surface area contributed by atoms with E-state index >= 15 is 0 Å². The van der Waals surface area contributed by atoms with E-state index in [1.807, 2.05) is 54.6 Å². The van der Waals surface area contributed by atoms with Gasteiger partial charge in [0.1, 0.15) is 4.90 Å². The summed E-state index contributed by atoms with van der Waals surface area (Å²) >= 11 is 0. The Morgan fingerprint density at radius 3 is 1.92 bits per heavy atom. The van der Waals surface area contributed by atoms with Crippen molar-refractivity contribution in [1.29, 1.82) is 0 Å². The molecular formula is C20H14O3S. The van der Waals surface area contributed by atoms with Gasteiger partial charge < -0.3 is 0 Å². The van der Waals surface area contributed by atoms with Crippen molar-refractivity contribution in [1.82, 2.24) is 0 Å². The quantitative estimate of drug-likeness (QED) is 0.530. The molecule has 4 aromatic carbocycles. The first-order valence-electron chi connectivity index (χ1n) is 7.53. The summed E-state index contributed by atoms with van der Waals surface area (Å²) < 4.78 is 32.8. The molecule has 0 fully saturated rings. The van der Waals surface area contributed by atoms with Gasteiger partial charge >= 0.3 is 0 Å². The van der Waals surface area contributed by atoms with Crippen LogP contribution in [0.2, 0.25) is 0 Å². The first-order chi connectivity index (χ1) is 11.6. The summed E-state index contributed by atoms with van der Waals surface area (Å²) in [5.74, 6) is 0. The van der Waals surface area contributed by atoms with Crippen LogP contribution in [-0.4, -0.2) is 13.0 Å². The Kier molecular flexibility index (Phi) is 3.37. The van der Waals surface area contributed by atoms with Gasteiger partial charge in [-0.05, 0) is 33.4 Å². The fourth-order valence-corrected chi connectivity index (χ4v) is 3.91. The minimum atomic E-state index is -4.27. The van der Waals surface area contributed by atoms with E-state index in [2.05, 4.69) is 6.07 Å². The first kappa shape index (κ1) is 14.9. The molecule has 0 heterocycles. The highest BCUT2D eigenvalue weighted by atomic mass is 32.2. The largest absolute Gasteiger partial charge is 0.295 e. The standard InChI is InChI=1S/C20H14O3S/c21-24(22,23)20-13-5-11-18-17(10-4-12-19(18)20)16-9-3-7-14-6-1-2-8-15(14)16/h1-13H,(H,21,22,23). The van der Waals surface area contributed by atoms with E-state index < -0.39 is 10.1 Å². The fraction of sp³-hybridized carbons (Fsp3) is 0. The summed E-state index contributed by atoms with van der Waals surface area (Å²) in [7, 11) is -4.27. The van der Waals surface area contributed by atoms with E-state index in [-0.39, 0.29) is 4.90 Å². The molecule has 0 atom stereocenters. The molecule has 0 aliphatic carbocycles. The minimum Gasteiger partial charge on any atom is -0.282 e. The van der Waals surface area contributed by atoms with E-state index in [4.69, 9.17) is 0 Å². The lowest BCUT2D eigenvalue weighted by Gasteiger charge is -2.11. The highest BCUT2D eigenvalue weighted by molar-refractivity contribution is 7.86. The average molecular weight is 334 g/mol. The lowest BCUT2D eigenvalue weighted by atomic mass is 9.94. The van der Waals surface area contributed by atoms with Crippen molar-refractivity contribution in [2.45, 2.75) is 4.90 Å². The molecule has 0 radical (unpaired) electrons. The van der Waals surface area contributed by atoms with Gasteiger partial charge in [0.15, 0.2) is 0 Å². The zero-order valence-corrected chi connectivity index (χ0v) is 13.5. The molecule has 0 aliphatic rings. The Hall–Kier alpha value is -2.69. The van der Waals surface area contributed by atoms with Crippen molar-refractivity contribution in [3.63, 3.8) is 0 Å². The minimum absolute atomic E-state index is 0.0675. The molecule has 0 amide bonds. The lowest BCUT2D eigenvalue weighted by Crippen LogP contribution is -1.99. The van der Waals surface area contributed by atoms with E-state index in [1.54, 1.807) is 12.1 Å². The van der Waals surface area contributed by atoms with E-state index in [1.165, 1.54) is 6.07 Å². The van der Waals surface area contributed by atoms with Gasteiger partial charge in [0.05, 0.1) is 0 Å². The maximum Gasteiger partial charge on any atom is 0.295 e. The molecule has 4 aromatic rings. The van der Waals surface area contributed by atoms with Gasteiger partial charge in [-0.15, -0.1) is 0 Å². The Morgan fingerprint density at radius 1 is 0.583 bits per heavy atom. The van der Waals surface area contributed by atoms with Crippen LogP contribution in [-0.2, 0) is 10.1 Å². The molecule has 3 nitrogen and oxygen atoms in total. The first-order valence-corrected chi connectivity index (χ1v) is 8.97. The van der Waals surface area contributed by atoms with E-state index in [9.17, 15) is 13.0 Å². The zero-order chi connectivity index (χ0) is 16.7. The summed E-state index contributed by atoms with van der Waals surface area (Å²) in [6.07, 6.45) is 0. The average Bonchev–Trinajstić information content (AvgIpc) is 2.59. The highest BCUT2D eigenvalue weighted by Crippen LogP contribution is 2.35. The molecular weight excluding hydrogens is 320 g/mol. The van der Waals surface area contributed by atoms with Gasteiger partial charge in [0.2, 0.25) is 0 Å². The van der Waals surface area contributed by atoms with Crippen molar-refractivity contribution in [3.8, 4) is 11.1 Å². The molecule has 4 rings (SSSR count). The smallest absolute Gasteiger partial charge is 0.282 e. The van der Waals surface area contributed by atoms with Crippen LogP contribution >= 0.6 is 0 Å². The summed E-state index contributed by atoms with van der Waals surface area (Å²) in [5, 5.41) is 3.54. The van der Waals surface area contributed by atoms with Gasteiger partial charge in [-0.1, -0.05) is 72.8 Å². The topological polar surface area (TPSA) is 54.4 Å². The van der Waals surface area contributed by atoms with Gasteiger partial charge in [-0.2, -0.15) is 8.42 Å². The molecule has 0 bridgehead atoms. The maximum absolute atomic E-state index is 11.7. The summed E-state index contributed by atoms with van der Waals surface area (Å²) in [6, 6.07) is 24.6. The van der Waals surface area contributed by atoms with Crippen LogP contribution in [0.3, 0.4) is 0 Å². The Balaban J connectivity index is 2.12. The molecule has 0 saturated heterocycles. The Bertz CT molecular complexity index is 1170. The van der Waals surface area contributed by atoms with Crippen molar-refractivity contribution in [3.05, 3.63) is 78.9 Å². The fourth-order valence-electron chi connectivity index (χ4n) is 3.20. The van der Waals surface area contributed by atoms with Crippen LogP contribution in [0.5, 0.6) is 0 Å². The second-order valence-electron chi connectivity index (χ2n) is 5.66. The van der Waals surface area contributed by atoms with Crippen LogP contribution in [0.1, 0.15) is 0 Å². The molecule has 0 aliphatic heterocycles. The number of hydrogen-bond donors (Lipinski definition) is 1. The van der Waals surface area contributed by atoms with Crippen molar-refractivity contribution in [2.75, 3.05) is 0 Å². The predicted molar refractivity (Wildman–Crippen MR) is 96.7 cm³/mol. The van der Waals surface area contributed by atoms with Gasteiger partial charge in [-0.25, -0.2) is 0 Å². The molecule has 0 unspecified atom stereocenters. The molecule has 0 spiro atoms. The van der Waals surface area contributed by atoms with Crippen molar-refractivity contribution >= 4 is 31.7 Å². The maximum atomic E-state index is 11.7. The second kappa shape index (κ2) is 5.44. The van der Waals surface area contributed by atoms with Gasteiger partial charge in [0.25, 0.3) is 10.1 Å². The number of fused-ring (bicyclic) bond motifs is 2. The monoisotopic (exact) mass is 334 g/mol. The molecule has 1 N–H and O–H groups in total. The molecule has 118 valence electrons. The summed E-state index contributed by atoms with van der Waals surface area (Å²) in [4.78, 5) is -0.0675. The predicted octanol–water partition coefficient (Wildman–Crippen LogP) is 4.91. The third-order valence-electron chi connectivity index (χ3n) is 4.24. The SMILES string of the molecule is O=S(=O)(O)c1cccc2c(-c3cccc4ccccc34)cccc12. The normalized spacial score (nSPS) is 11.9. The zero-order valence-electron chi connectivity index (χ0n) is 12.7. The molecule has 0 saturated carbocycles. The van der Waals surface area contributed by atoms with Crippen molar-refractivity contribution in [2.24, 2.45) is 0 Å². The van der Waals surface area contributed by atoms with Crippen LogP contribution in [0.25, 0.3) is 32.7 Å². The van der Waals surface area contributed by atoms with Gasteiger partial charge in [0, 0.05) is 5.39 Å². The molecule has 24 heavy (non-hydrogen) atoms. The summed E-state index contributed by atoms with van der Waals surface area (Å²) in [6.45, 7) is 0. The summed E-state index contributed by atoms with van der Waals surface area (Å²) in [5.41, 5.74) is 1.97.